The van der Waals surface area contributed by atoms with Crippen molar-refractivity contribution < 1.29 is 77.5 Å². The van der Waals surface area contributed by atoms with Gasteiger partial charge in [-0.2, -0.15) is 0 Å². The van der Waals surface area contributed by atoms with E-state index in [1.807, 2.05) is 94.8 Å². The number of nitroso groups, excluding NO2 is 2. The van der Waals surface area contributed by atoms with E-state index in [4.69, 9.17) is 118 Å². The average Bonchev–Trinajstić information content (AvgIpc) is 0.782. The summed E-state index contributed by atoms with van der Waals surface area (Å²) >= 11 is 38.2. The number of likely N-dealkylation sites (N-methyl/N-ethyl adjacent to an activating group) is 3. The maximum atomic E-state index is 13.0. The van der Waals surface area contributed by atoms with Crippen LogP contribution < -0.4 is 25.8 Å². The number of ketones is 1. The van der Waals surface area contributed by atoms with Gasteiger partial charge in [0.25, 0.3) is 0 Å². The number of Topliss-reactive ketones (excluding diaryl/α,β-unsaturated/α-hetero) is 1. The average molecular weight is 1980 g/mol. The molecule has 0 radical (unpaired) electrons. The van der Waals surface area contributed by atoms with Gasteiger partial charge >= 0.3 is 6.03 Å². The van der Waals surface area contributed by atoms with Crippen LogP contribution in [0.15, 0.2) is 183 Å². The van der Waals surface area contributed by atoms with Crippen LogP contribution in [0.1, 0.15) is 113 Å². The van der Waals surface area contributed by atoms with Gasteiger partial charge < -0.3 is 73.7 Å². The number of hydrogen-bond donors (Lipinski definition) is 5. The lowest BCUT2D eigenvalue weighted by Gasteiger charge is -2.33. The van der Waals surface area contributed by atoms with Crippen molar-refractivity contribution in [2.24, 2.45) is 16.1 Å². The van der Waals surface area contributed by atoms with Gasteiger partial charge in [0.1, 0.15) is 17.2 Å². The van der Waals surface area contributed by atoms with Crippen LogP contribution in [-0.2, 0) is 103 Å². The molecule has 8 aromatic carbocycles. The van der Waals surface area contributed by atoms with Gasteiger partial charge in [-0.3, -0.25) is 4.79 Å². The van der Waals surface area contributed by atoms with E-state index >= 15 is 0 Å². The molecule has 0 bridgehead atoms. The number of sulfone groups is 1. The molecule has 712 valence electrons. The molecule has 3 unspecified atom stereocenters. The summed E-state index contributed by atoms with van der Waals surface area (Å²) in [5, 5.41) is 14.6. The molecule has 0 saturated carbocycles. The van der Waals surface area contributed by atoms with E-state index in [9.17, 15) is 44.7 Å². The molecule has 8 aromatic rings. The van der Waals surface area contributed by atoms with Gasteiger partial charge in [0.05, 0.1) is 120 Å². The molecule has 3 aliphatic rings. The van der Waals surface area contributed by atoms with Crippen molar-refractivity contribution in [2.45, 2.75) is 98.5 Å². The summed E-state index contributed by atoms with van der Waals surface area (Å²) < 4.78 is 130. The molecule has 0 saturated heterocycles. The van der Waals surface area contributed by atoms with Crippen molar-refractivity contribution in [3.63, 3.8) is 0 Å². The van der Waals surface area contributed by atoms with Crippen molar-refractivity contribution >= 4 is 128 Å². The summed E-state index contributed by atoms with van der Waals surface area (Å²) in [7, 11) is -2.99. The van der Waals surface area contributed by atoms with Gasteiger partial charge in [0, 0.05) is 152 Å². The number of carbonyl (C=O) groups excluding carboxylic acids is 2. The number of carbonyl (C=O) groups is 2. The Bertz CT molecular complexity index is 5140. The van der Waals surface area contributed by atoms with Crippen LogP contribution in [0.3, 0.4) is 0 Å². The van der Waals surface area contributed by atoms with Crippen LogP contribution in [0.2, 0.25) is 30.1 Å². The van der Waals surface area contributed by atoms with E-state index in [0.717, 1.165) is 101 Å². The summed E-state index contributed by atoms with van der Waals surface area (Å²) in [6.07, 6.45) is 2.64. The molecule has 3 heterocycles. The molecular formula is C92H120Cl6N10O19S3. The van der Waals surface area contributed by atoms with Gasteiger partial charge in [-0.1, -0.05) is 132 Å². The van der Waals surface area contributed by atoms with Crippen LogP contribution in [0.4, 0.5) is 21.9 Å². The van der Waals surface area contributed by atoms with E-state index in [-0.39, 0.29) is 78.8 Å². The Hall–Kier alpha value is -7.11. The third-order valence-corrected chi connectivity index (χ3v) is 27.0. The Kier molecular flexibility index (Phi) is 49.2. The zero-order valence-electron chi connectivity index (χ0n) is 73.1. The number of amides is 2. The quantitative estimate of drug-likeness (QED) is 0.0175. The Balaban J connectivity index is 0.000000258. The minimum atomic E-state index is -3.64. The molecule has 29 nitrogen and oxygen atoms in total. The third-order valence-electron chi connectivity index (χ3n) is 20.6. The number of sulfonamides is 2. The Morgan fingerprint density at radius 3 is 1.15 bits per heavy atom. The largest absolute Gasteiger partial charge is 0.382 e. The van der Waals surface area contributed by atoms with Gasteiger partial charge in [-0.05, 0) is 216 Å². The van der Waals surface area contributed by atoms with Gasteiger partial charge in [-0.25, -0.2) is 39.5 Å². The van der Waals surface area contributed by atoms with E-state index in [1.54, 1.807) is 73.8 Å². The van der Waals surface area contributed by atoms with Crippen LogP contribution in [0.5, 0.6) is 0 Å². The number of fused-ring (bicyclic) bond motifs is 3. The predicted molar refractivity (Wildman–Crippen MR) is 514 cm³/mol. The smallest absolute Gasteiger partial charge is 0.319 e. The lowest BCUT2D eigenvalue weighted by Crippen LogP contribution is -2.31. The Labute approximate surface area is 794 Å². The number of anilines is 1. The van der Waals surface area contributed by atoms with Crippen molar-refractivity contribution in [3.05, 3.63) is 253 Å². The SMILES string of the molecule is C.CCCNC(=O)Nc1ccc(CC(=O)CCCOCCOCCOCCCS(=O)(=O)c2ccc(C3CN(C)Cc4c(Cl)cc(Cl)cc43)cc2)cc1.CN1Cc2c(Cl)cc(Cl)cc2C(c2ccc(S(=O)(=O)NCCOCCOCCOCCN)cc2)C1.COCCOCCOCCNS(=O)(=O)c1ccc(C2CN(C)Cc3c(Cl)cc(Cl)cc32)cc1.O=Nc1ccc(N=O)cc1. The van der Waals surface area contributed by atoms with Crippen molar-refractivity contribution in [3.8, 4) is 0 Å². The van der Waals surface area contributed by atoms with Gasteiger partial charge in [-0.15, -0.1) is 9.81 Å². The first-order chi connectivity index (χ1) is 62.0. The first-order valence-corrected chi connectivity index (χ1v) is 49.2. The van der Waals surface area contributed by atoms with Gasteiger partial charge in [0.2, 0.25) is 20.0 Å². The highest BCUT2D eigenvalue weighted by Crippen LogP contribution is 2.42. The summed E-state index contributed by atoms with van der Waals surface area (Å²) in [4.78, 5) is 51.1. The lowest BCUT2D eigenvalue weighted by atomic mass is 9.85. The number of hydrogen-bond acceptors (Lipinski definition) is 25. The number of urea groups is 1. The molecule has 3 aliphatic heterocycles. The molecule has 3 atom stereocenters. The predicted octanol–water partition coefficient (Wildman–Crippen LogP) is 16.4. The topological polar surface area (TPSA) is 362 Å². The number of benzene rings is 8. The number of nitrogens with one attached hydrogen (secondary N) is 4. The summed E-state index contributed by atoms with van der Waals surface area (Å²) in [6, 6.07) is 44.9. The van der Waals surface area contributed by atoms with Crippen LogP contribution in [-0.4, -0.2) is 244 Å². The fraction of sp³-hybridized carbons (Fsp3) is 0.457. The van der Waals surface area contributed by atoms with Gasteiger partial charge in [0.15, 0.2) is 9.84 Å². The van der Waals surface area contributed by atoms with E-state index in [2.05, 4.69) is 45.1 Å². The van der Waals surface area contributed by atoms with Crippen LogP contribution in [0, 0.1) is 9.81 Å². The summed E-state index contributed by atoms with van der Waals surface area (Å²) in [5.74, 6) is 0.270. The molecule has 2 amide bonds. The van der Waals surface area contributed by atoms with Crippen LogP contribution in [0.25, 0.3) is 0 Å². The Morgan fingerprint density at radius 1 is 0.438 bits per heavy atom. The molecule has 130 heavy (non-hydrogen) atoms. The maximum Gasteiger partial charge on any atom is 0.319 e. The first kappa shape index (κ1) is 110. The van der Waals surface area contributed by atoms with E-state index < -0.39 is 29.9 Å². The fourth-order valence-corrected chi connectivity index (χ4v) is 19.2. The minimum absolute atomic E-state index is 0. The molecule has 38 heteroatoms. The molecular weight excluding hydrogens is 1860 g/mol. The van der Waals surface area contributed by atoms with Crippen LogP contribution >= 0.6 is 69.6 Å². The van der Waals surface area contributed by atoms with Crippen molar-refractivity contribution in [1.82, 2.24) is 29.5 Å². The first-order valence-electron chi connectivity index (χ1n) is 42.3. The second-order valence-corrected chi connectivity index (χ2v) is 38.7. The lowest BCUT2D eigenvalue weighted by molar-refractivity contribution is -0.118. The number of halogens is 6. The monoisotopic (exact) mass is 1970 g/mol. The molecule has 0 fully saturated rings. The second kappa shape index (κ2) is 58.2. The number of nitrogens with two attached hydrogens (primary N) is 1. The molecule has 11 rings (SSSR count). The Morgan fingerprint density at radius 2 is 0.785 bits per heavy atom. The van der Waals surface area contributed by atoms with E-state index in [0.29, 0.717) is 190 Å². The third kappa shape index (κ3) is 37.3. The second-order valence-electron chi connectivity index (χ2n) is 30.6. The zero-order valence-corrected chi connectivity index (χ0v) is 80.1. The number of rotatable bonds is 49. The zero-order chi connectivity index (χ0) is 93.1. The molecule has 6 N–H and O–H groups in total. The highest BCUT2D eigenvalue weighted by molar-refractivity contribution is 7.91. The highest BCUT2D eigenvalue weighted by atomic mass is 35.5. The highest BCUT2D eigenvalue weighted by Gasteiger charge is 2.32. The standard InChI is InChI=1S/C38H49Cl2N3O7S.C24H33Cl2N3O5S.C23H30Cl2N2O5S.C6H4N2O2.CH4/c1-3-15-41-38(45)42-31-11-7-28(8-12-31)23-32(44)6-4-16-48-18-20-50-21-19-49-17-5-22-51(46,47)33-13-9-29(10-14-33)35-26-43(2)27-36-34(35)24-30(39)25-37(36)40;1-29-16-22(21-14-19(25)15-24(26)23(21)17-29)18-2-4-20(5-3-18)35(30,31)28-7-9-33-11-13-34-12-10-32-8-6-27;1-27-15-21(20-13-18(24)14-23(25)22(20)16-27)17-3-5-19(6-4-17)33(28,29)26-7-8-31-11-12-32-10-9-30-2;9-7-5-1-2-6(8-10)4-3-5;/h7-14,24-25,35H,3-6,15-23,26-27H2,1-2H3,(H2,41,42,45);2-5,14-15,22,28H,6-13,16-17,27H2,1H3;3-6,13-14,21,26H,7-12,15-16H2,1-2H3;1-4H;1H4. The minimum Gasteiger partial charge on any atom is -0.382 e. The summed E-state index contributed by atoms with van der Waals surface area (Å²) in [5.41, 5.74) is 17.0. The molecule has 0 aliphatic carbocycles. The normalized spacial score (nSPS) is 15.1. The summed E-state index contributed by atoms with van der Waals surface area (Å²) in [6.45, 7) is 15.0. The number of nitrogens with zero attached hydrogens (tertiary/aromatic N) is 5. The van der Waals surface area contributed by atoms with Crippen molar-refractivity contribution in [1.29, 1.82) is 0 Å². The number of methoxy groups -OCH3 is 1. The fourth-order valence-electron chi connectivity index (χ4n) is 14.2. The van der Waals surface area contributed by atoms with Crippen molar-refractivity contribution in [2.75, 3.05) is 197 Å². The maximum absolute atomic E-state index is 13.0. The van der Waals surface area contributed by atoms with E-state index in [1.165, 1.54) is 24.3 Å². The number of ether oxygens (including phenoxy) is 9. The molecule has 0 aromatic heterocycles. The molecule has 0 spiro atoms.